The second kappa shape index (κ2) is 4.13. The minimum atomic E-state index is -3.01. The van der Waals surface area contributed by atoms with E-state index in [9.17, 15) is 8.78 Å². The lowest BCUT2D eigenvalue weighted by Crippen LogP contribution is -2.48. The second-order valence-corrected chi connectivity index (χ2v) is 5.07. The Morgan fingerprint density at radius 3 is 1.81 bits per heavy atom. The van der Waals surface area contributed by atoms with Gasteiger partial charge in [-0.15, -0.1) is 0 Å². The molecule has 16 heavy (non-hydrogen) atoms. The molecule has 0 atom stereocenters. The van der Waals surface area contributed by atoms with Crippen LogP contribution < -0.4 is 5.73 Å². The summed E-state index contributed by atoms with van der Waals surface area (Å²) < 4.78 is 27.7. The highest BCUT2D eigenvalue weighted by molar-refractivity contribution is 5.29. The Labute approximate surface area is 95.7 Å². The third-order valence-electron chi connectivity index (χ3n) is 2.75. The predicted octanol–water partition coefficient (Wildman–Crippen LogP) is 3.64. The lowest BCUT2D eigenvalue weighted by atomic mass is 9.90. The van der Waals surface area contributed by atoms with Gasteiger partial charge < -0.3 is 5.73 Å². The van der Waals surface area contributed by atoms with E-state index in [1.165, 1.54) is 26.0 Å². The summed E-state index contributed by atoms with van der Waals surface area (Å²) in [7, 11) is 0. The van der Waals surface area contributed by atoms with E-state index in [0.717, 1.165) is 5.56 Å². The van der Waals surface area contributed by atoms with Crippen molar-refractivity contribution in [2.24, 2.45) is 5.73 Å². The van der Waals surface area contributed by atoms with Crippen LogP contribution in [0.4, 0.5) is 8.78 Å². The van der Waals surface area contributed by atoms with E-state index >= 15 is 0 Å². The minimum Gasteiger partial charge on any atom is -0.320 e. The molecule has 1 aromatic rings. The average molecular weight is 227 g/mol. The first kappa shape index (κ1) is 13.1. The molecule has 3 heteroatoms. The van der Waals surface area contributed by atoms with Gasteiger partial charge >= 0.3 is 0 Å². The van der Waals surface area contributed by atoms with E-state index in [2.05, 4.69) is 0 Å². The van der Waals surface area contributed by atoms with Crippen molar-refractivity contribution in [2.45, 2.75) is 45.1 Å². The highest BCUT2D eigenvalue weighted by Crippen LogP contribution is 2.37. The van der Waals surface area contributed by atoms with Crippen molar-refractivity contribution in [2.75, 3.05) is 0 Å². The van der Waals surface area contributed by atoms with Crippen LogP contribution in [0.5, 0.6) is 0 Å². The molecule has 90 valence electrons. The van der Waals surface area contributed by atoms with Gasteiger partial charge in [0.15, 0.2) is 0 Å². The second-order valence-electron chi connectivity index (χ2n) is 5.07. The molecule has 1 rings (SSSR count). The molecule has 0 saturated heterocycles. The molecule has 0 spiro atoms. The molecule has 0 aliphatic heterocycles. The number of hydrogen-bond acceptors (Lipinski definition) is 1. The first-order chi connectivity index (χ1) is 7.16. The van der Waals surface area contributed by atoms with Crippen LogP contribution in [-0.2, 0) is 5.92 Å². The number of alkyl halides is 2. The van der Waals surface area contributed by atoms with Gasteiger partial charge in [0.05, 0.1) is 5.54 Å². The molecule has 0 radical (unpaired) electrons. The summed E-state index contributed by atoms with van der Waals surface area (Å²) >= 11 is 0. The van der Waals surface area contributed by atoms with E-state index < -0.39 is 11.5 Å². The molecule has 0 unspecified atom stereocenters. The summed E-state index contributed by atoms with van der Waals surface area (Å²) in [5.74, 6) is -2.67. The van der Waals surface area contributed by atoms with E-state index in [0.29, 0.717) is 5.92 Å². The maximum absolute atomic E-state index is 13.9. The molecule has 0 aliphatic rings. The van der Waals surface area contributed by atoms with Gasteiger partial charge in [-0.3, -0.25) is 0 Å². The fourth-order valence-corrected chi connectivity index (χ4v) is 1.45. The molecule has 0 aromatic heterocycles. The fraction of sp³-hybridized carbons (Fsp3) is 0.538. The summed E-state index contributed by atoms with van der Waals surface area (Å²) in [5.41, 5.74) is 4.97. The molecular formula is C13H19F2N. The van der Waals surface area contributed by atoms with Gasteiger partial charge in [0.2, 0.25) is 0 Å². The van der Waals surface area contributed by atoms with Crippen molar-refractivity contribution >= 4 is 0 Å². The van der Waals surface area contributed by atoms with Gasteiger partial charge in [-0.1, -0.05) is 38.1 Å². The predicted molar refractivity (Wildman–Crippen MR) is 62.7 cm³/mol. The standard InChI is InChI=1S/C13H19F2N/c1-9(2)10-5-7-11(8-6-10)13(14,15)12(3,4)16/h5-9H,16H2,1-4H3. The van der Waals surface area contributed by atoms with E-state index in [4.69, 9.17) is 5.73 Å². The van der Waals surface area contributed by atoms with E-state index in [1.54, 1.807) is 12.1 Å². The Morgan fingerprint density at radius 1 is 1.06 bits per heavy atom. The van der Waals surface area contributed by atoms with Gasteiger partial charge in [0.25, 0.3) is 5.92 Å². The average Bonchev–Trinajstić information content (AvgIpc) is 2.16. The monoisotopic (exact) mass is 227 g/mol. The number of benzene rings is 1. The van der Waals surface area contributed by atoms with Crippen LogP contribution in [0.2, 0.25) is 0 Å². The van der Waals surface area contributed by atoms with Gasteiger partial charge in [0, 0.05) is 5.56 Å². The zero-order chi connectivity index (χ0) is 12.6. The molecule has 0 heterocycles. The summed E-state index contributed by atoms with van der Waals surface area (Å²) in [6.45, 7) is 6.73. The molecule has 0 saturated carbocycles. The fourth-order valence-electron chi connectivity index (χ4n) is 1.45. The topological polar surface area (TPSA) is 26.0 Å². The number of nitrogens with two attached hydrogens (primary N) is 1. The third-order valence-corrected chi connectivity index (χ3v) is 2.75. The zero-order valence-corrected chi connectivity index (χ0v) is 10.2. The molecule has 0 bridgehead atoms. The van der Waals surface area contributed by atoms with Crippen molar-refractivity contribution in [3.63, 3.8) is 0 Å². The first-order valence-electron chi connectivity index (χ1n) is 5.43. The molecule has 1 aromatic carbocycles. The minimum absolute atomic E-state index is 0.0237. The van der Waals surface area contributed by atoms with Gasteiger partial charge in [-0.05, 0) is 25.3 Å². The summed E-state index contributed by atoms with van der Waals surface area (Å²) in [6.07, 6.45) is 0. The Kier molecular flexibility index (Phi) is 3.38. The molecule has 0 fully saturated rings. The van der Waals surface area contributed by atoms with Crippen molar-refractivity contribution < 1.29 is 8.78 Å². The van der Waals surface area contributed by atoms with Crippen LogP contribution in [0.3, 0.4) is 0 Å². The number of hydrogen-bond donors (Lipinski definition) is 1. The molecular weight excluding hydrogens is 208 g/mol. The lowest BCUT2D eigenvalue weighted by molar-refractivity contribution is -0.0672. The first-order valence-corrected chi connectivity index (χ1v) is 5.43. The van der Waals surface area contributed by atoms with Crippen LogP contribution in [0.25, 0.3) is 0 Å². The van der Waals surface area contributed by atoms with E-state index in [1.807, 2.05) is 13.8 Å². The largest absolute Gasteiger partial charge is 0.320 e. The molecule has 0 amide bonds. The number of rotatable bonds is 3. The molecule has 2 N–H and O–H groups in total. The molecule has 0 aliphatic carbocycles. The van der Waals surface area contributed by atoms with Crippen molar-refractivity contribution in [3.8, 4) is 0 Å². The Hall–Kier alpha value is -0.960. The smallest absolute Gasteiger partial charge is 0.290 e. The van der Waals surface area contributed by atoms with Crippen molar-refractivity contribution in [1.29, 1.82) is 0 Å². The van der Waals surface area contributed by atoms with Crippen molar-refractivity contribution in [1.82, 2.24) is 0 Å². The normalized spacial score (nSPS) is 13.2. The van der Waals surface area contributed by atoms with Crippen LogP contribution in [0.15, 0.2) is 24.3 Å². The highest BCUT2D eigenvalue weighted by atomic mass is 19.3. The summed E-state index contributed by atoms with van der Waals surface area (Å²) in [6, 6.07) is 6.40. The van der Waals surface area contributed by atoms with E-state index in [-0.39, 0.29) is 5.56 Å². The Bertz CT molecular complexity index is 347. The van der Waals surface area contributed by atoms with Gasteiger partial charge in [-0.25, -0.2) is 0 Å². The van der Waals surface area contributed by atoms with Crippen LogP contribution >= 0.6 is 0 Å². The third kappa shape index (κ3) is 2.40. The highest BCUT2D eigenvalue weighted by Gasteiger charge is 2.45. The summed E-state index contributed by atoms with van der Waals surface area (Å²) in [5, 5.41) is 0. The van der Waals surface area contributed by atoms with Crippen LogP contribution in [-0.4, -0.2) is 5.54 Å². The van der Waals surface area contributed by atoms with Crippen LogP contribution in [0.1, 0.15) is 44.7 Å². The lowest BCUT2D eigenvalue weighted by Gasteiger charge is -2.30. The van der Waals surface area contributed by atoms with Gasteiger partial charge in [-0.2, -0.15) is 8.78 Å². The quantitative estimate of drug-likeness (QED) is 0.838. The Morgan fingerprint density at radius 2 is 1.50 bits per heavy atom. The van der Waals surface area contributed by atoms with Crippen molar-refractivity contribution in [3.05, 3.63) is 35.4 Å². The summed E-state index contributed by atoms with van der Waals surface area (Å²) in [4.78, 5) is 0. The SMILES string of the molecule is CC(C)c1ccc(C(F)(F)C(C)(C)N)cc1. The number of halogens is 2. The molecule has 1 nitrogen and oxygen atoms in total. The Balaban J connectivity index is 3.07. The van der Waals surface area contributed by atoms with Crippen LogP contribution in [0, 0.1) is 0 Å². The maximum atomic E-state index is 13.9. The maximum Gasteiger partial charge on any atom is 0.290 e. The van der Waals surface area contributed by atoms with Gasteiger partial charge in [0.1, 0.15) is 0 Å². The zero-order valence-electron chi connectivity index (χ0n) is 10.2.